The summed E-state index contributed by atoms with van der Waals surface area (Å²) in [5.41, 5.74) is 0. The van der Waals surface area contributed by atoms with E-state index in [-0.39, 0.29) is 11.9 Å². The maximum atomic E-state index is 12.1. The van der Waals surface area contributed by atoms with Crippen LogP contribution in [0.3, 0.4) is 0 Å². The van der Waals surface area contributed by atoms with Crippen molar-refractivity contribution in [3.8, 4) is 17.2 Å². The van der Waals surface area contributed by atoms with Crippen LogP contribution >= 0.6 is 0 Å². The van der Waals surface area contributed by atoms with E-state index in [0.717, 1.165) is 6.42 Å². The second kappa shape index (κ2) is 9.80. The number of carbonyl (C=O) groups excluding carboxylic acids is 2. The fraction of sp³-hybridized carbons (Fsp3) is 0.429. The molecule has 0 fully saturated rings. The van der Waals surface area contributed by atoms with Crippen LogP contribution in [0.2, 0.25) is 0 Å². The first-order valence-corrected chi connectivity index (χ1v) is 9.20. The second-order valence-electron chi connectivity index (χ2n) is 6.04. The fourth-order valence-corrected chi connectivity index (χ4v) is 2.55. The second-order valence-corrected chi connectivity index (χ2v) is 6.04. The molecule has 0 saturated heterocycles. The summed E-state index contributed by atoms with van der Waals surface area (Å²) in [6, 6.07) is 9.01. The van der Waals surface area contributed by atoms with Crippen LogP contribution < -0.4 is 14.2 Å². The third-order valence-electron chi connectivity index (χ3n) is 3.73. The molecule has 0 heterocycles. The number of benzene rings is 2. The normalized spacial score (nSPS) is 10.6. The van der Waals surface area contributed by atoms with Gasteiger partial charge in [-0.15, -0.1) is 0 Å². The molecular formula is C21H26O5. The largest absolute Gasteiger partial charge is 0.490 e. The standard InChI is InChI=1S/C21H26O5/c1-4-9-19(22)25-17-14-18(24-13-6-3)21(26-20(23)10-5-2)16-12-8-7-11-15(16)17/h7-8,11-12,14H,4-6,9-10,13H2,1-3H3. The molecule has 0 amide bonds. The van der Waals surface area contributed by atoms with E-state index < -0.39 is 0 Å². The van der Waals surface area contributed by atoms with Crippen molar-refractivity contribution in [2.45, 2.75) is 52.9 Å². The van der Waals surface area contributed by atoms with Crippen LogP contribution in [-0.4, -0.2) is 18.5 Å². The van der Waals surface area contributed by atoms with Crippen molar-refractivity contribution >= 4 is 22.7 Å². The Hall–Kier alpha value is -2.56. The molecule has 5 nitrogen and oxygen atoms in total. The molecular weight excluding hydrogens is 332 g/mol. The Kier molecular flexibility index (Phi) is 7.45. The van der Waals surface area contributed by atoms with Crippen LogP contribution in [-0.2, 0) is 9.59 Å². The highest BCUT2D eigenvalue weighted by Crippen LogP contribution is 2.42. The van der Waals surface area contributed by atoms with Crippen LogP contribution in [0, 0.1) is 0 Å². The number of fused-ring (bicyclic) bond motifs is 1. The number of esters is 2. The van der Waals surface area contributed by atoms with Crippen molar-refractivity contribution < 1.29 is 23.8 Å². The summed E-state index contributed by atoms with van der Waals surface area (Å²) in [6.07, 6.45) is 2.89. The summed E-state index contributed by atoms with van der Waals surface area (Å²) < 4.78 is 16.9. The molecule has 0 bridgehead atoms. The predicted molar refractivity (Wildman–Crippen MR) is 101 cm³/mol. The summed E-state index contributed by atoms with van der Waals surface area (Å²) >= 11 is 0. The first-order chi connectivity index (χ1) is 12.6. The molecule has 5 heteroatoms. The molecule has 0 N–H and O–H groups in total. The average molecular weight is 358 g/mol. The Labute approximate surface area is 154 Å². The molecule has 0 saturated carbocycles. The number of hydrogen-bond donors (Lipinski definition) is 0. The van der Waals surface area contributed by atoms with Crippen molar-refractivity contribution in [3.63, 3.8) is 0 Å². The third-order valence-corrected chi connectivity index (χ3v) is 3.73. The number of ether oxygens (including phenoxy) is 3. The summed E-state index contributed by atoms with van der Waals surface area (Å²) in [7, 11) is 0. The number of hydrogen-bond acceptors (Lipinski definition) is 5. The summed E-state index contributed by atoms with van der Waals surface area (Å²) in [6.45, 7) is 6.31. The Morgan fingerprint density at radius 2 is 1.42 bits per heavy atom. The average Bonchev–Trinajstić information content (AvgIpc) is 2.62. The third kappa shape index (κ3) is 4.97. The molecule has 0 atom stereocenters. The molecule has 0 aromatic heterocycles. The minimum Gasteiger partial charge on any atom is -0.490 e. The van der Waals surface area contributed by atoms with E-state index in [4.69, 9.17) is 14.2 Å². The van der Waals surface area contributed by atoms with Crippen LogP contribution in [0.1, 0.15) is 52.9 Å². The van der Waals surface area contributed by atoms with Crippen LogP contribution in [0.4, 0.5) is 0 Å². The van der Waals surface area contributed by atoms with Crippen LogP contribution in [0.25, 0.3) is 10.8 Å². The molecule has 140 valence electrons. The highest BCUT2D eigenvalue weighted by Gasteiger charge is 2.19. The van der Waals surface area contributed by atoms with Crippen molar-refractivity contribution in [3.05, 3.63) is 30.3 Å². The van der Waals surface area contributed by atoms with E-state index in [1.165, 1.54) is 0 Å². The zero-order valence-corrected chi connectivity index (χ0v) is 15.7. The minimum absolute atomic E-state index is 0.296. The maximum absolute atomic E-state index is 12.1. The molecule has 0 radical (unpaired) electrons. The predicted octanol–water partition coefficient (Wildman–Crippen LogP) is 5.04. The monoisotopic (exact) mass is 358 g/mol. The van der Waals surface area contributed by atoms with E-state index >= 15 is 0 Å². The summed E-state index contributed by atoms with van der Waals surface area (Å²) in [5, 5.41) is 1.39. The van der Waals surface area contributed by atoms with Gasteiger partial charge in [0, 0.05) is 29.7 Å². The Balaban J connectivity index is 2.53. The van der Waals surface area contributed by atoms with Gasteiger partial charge in [0.1, 0.15) is 5.75 Å². The summed E-state index contributed by atoms with van der Waals surface area (Å²) in [5.74, 6) is 0.599. The lowest BCUT2D eigenvalue weighted by atomic mass is 10.1. The molecule has 0 aliphatic carbocycles. The smallest absolute Gasteiger partial charge is 0.311 e. The van der Waals surface area contributed by atoms with Gasteiger partial charge >= 0.3 is 11.9 Å². The van der Waals surface area contributed by atoms with Gasteiger partial charge in [0.25, 0.3) is 0 Å². The van der Waals surface area contributed by atoms with Gasteiger partial charge < -0.3 is 14.2 Å². The lowest BCUT2D eigenvalue weighted by molar-refractivity contribution is -0.135. The van der Waals surface area contributed by atoms with E-state index in [2.05, 4.69) is 0 Å². The molecule has 2 rings (SSSR count). The molecule has 2 aromatic carbocycles. The van der Waals surface area contributed by atoms with Crippen LogP contribution in [0.5, 0.6) is 17.2 Å². The highest BCUT2D eigenvalue weighted by atomic mass is 16.6. The topological polar surface area (TPSA) is 61.8 Å². The number of rotatable bonds is 9. The van der Waals surface area contributed by atoms with E-state index in [0.29, 0.717) is 60.3 Å². The Morgan fingerprint density at radius 1 is 0.808 bits per heavy atom. The van der Waals surface area contributed by atoms with E-state index in [1.807, 2.05) is 45.0 Å². The summed E-state index contributed by atoms with van der Waals surface area (Å²) in [4.78, 5) is 24.0. The van der Waals surface area contributed by atoms with E-state index in [9.17, 15) is 9.59 Å². The van der Waals surface area contributed by atoms with Gasteiger partial charge in [0.05, 0.1) is 6.61 Å². The molecule has 26 heavy (non-hydrogen) atoms. The van der Waals surface area contributed by atoms with Gasteiger partial charge in [-0.1, -0.05) is 45.0 Å². The fourth-order valence-electron chi connectivity index (χ4n) is 2.55. The first-order valence-electron chi connectivity index (χ1n) is 9.20. The first kappa shape index (κ1) is 19.8. The van der Waals surface area contributed by atoms with Crippen molar-refractivity contribution in [2.24, 2.45) is 0 Å². The molecule has 0 aliphatic heterocycles. The van der Waals surface area contributed by atoms with E-state index in [1.54, 1.807) is 6.07 Å². The maximum Gasteiger partial charge on any atom is 0.311 e. The van der Waals surface area contributed by atoms with Crippen LogP contribution in [0.15, 0.2) is 30.3 Å². The lowest BCUT2D eigenvalue weighted by Crippen LogP contribution is -2.11. The van der Waals surface area contributed by atoms with Crippen molar-refractivity contribution in [1.29, 1.82) is 0 Å². The van der Waals surface area contributed by atoms with Gasteiger partial charge in [-0.05, 0) is 19.3 Å². The van der Waals surface area contributed by atoms with Crippen molar-refractivity contribution in [1.82, 2.24) is 0 Å². The lowest BCUT2D eigenvalue weighted by Gasteiger charge is -2.16. The zero-order valence-electron chi connectivity index (χ0n) is 15.7. The van der Waals surface area contributed by atoms with Gasteiger partial charge in [-0.3, -0.25) is 9.59 Å². The van der Waals surface area contributed by atoms with Crippen molar-refractivity contribution in [2.75, 3.05) is 6.61 Å². The Bertz CT molecular complexity index is 766. The SMILES string of the molecule is CCCOc1cc(OC(=O)CCC)c2ccccc2c1OC(=O)CCC. The Morgan fingerprint density at radius 3 is 2.04 bits per heavy atom. The molecule has 0 spiro atoms. The molecule has 0 unspecified atom stereocenters. The quantitative estimate of drug-likeness (QED) is 0.464. The zero-order chi connectivity index (χ0) is 18.9. The van der Waals surface area contributed by atoms with Gasteiger partial charge in [-0.25, -0.2) is 0 Å². The highest BCUT2D eigenvalue weighted by molar-refractivity contribution is 5.98. The van der Waals surface area contributed by atoms with Gasteiger partial charge in [0.15, 0.2) is 11.5 Å². The minimum atomic E-state index is -0.310. The van der Waals surface area contributed by atoms with Gasteiger partial charge in [0.2, 0.25) is 0 Å². The molecule has 0 aliphatic rings. The number of carbonyl (C=O) groups is 2. The van der Waals surface area contributed by atoms with Gasteiger partial charge in [-0.2, -0.15) is 0 Å². The molecule has 2 aromatic rings.